The Morgan fingerprint density at radius 1 is 1.14 bits per heavy atom. The summed E-state index contributed by atoms with van der Waals surface area (Å²) in [5.74, 6) is 1.10. The molecule has 0 spiro atoms. The van der Waals surface area contributed by atoms with Crippen molar-refractivity contribution < 1.29 is 4.74 Å². The Bertz CT molecular complexity index is 628. The van der Waals surface area contributed by atoms with E-state index < -0.39 is 0 Å². The first-order valence-electron chi connectivity index (χ1n) is 6.83. The van der Waals surface area contributed by atoms with E-state index in [2.05, 4.69) is 12.1 Å². The lowest BCUT2D eigenvalue weighted by Gasteiger charge is -2.18. The highest BCUT2D eigenvalue weighted by atomic mass is 35.5. The Kier molecular flexibility index (Phi) is 5.51. The molecule has 0 amide bonds. The SMILES string of the molecule is COc1ccc(C(CN)Cc2ccc(Cl)cc2Cl)cc1C. The molecule has 2 N–H and O–H groups in total. The van der Waals surface area contributed by atoms with Crippen molar-refractivity contribution in [1.29, 1.82) is 0 Å². The van der Waals surface area contributed by atoms with Crippen molar-refractivity contribution in [3.63, 3.8) is 0 Å². The molecule has 0 fully saturated rings. The third-order valence-corrected chi connectivity index (χ3v) is 4.24. The van der Waals surface area contributed by atoms with E-state index in [0.717, 1.165) is 23.3 Å². The molecule has 2 aromatic rings. The van der Waals surface area contributed by atoms with Crippen LogP contribution in [0.15, 0.2) is 36.4 Å². The van der Waals surface area contributed by atoms with Crippen LogP contribution in [0.2, 0.25) is 10.0 Å². The van der Waals surface area contributed by atoms with E-state index in [0.29, 0.717) is 16.6 Å². The second kappa shape index (κ2) is 7.17. The van der Waals surface area contributed by atoms with Gasteiger partial charge in [0.25, 0.3) is 0 Å². The first-order valence-corrected chi connectivity index (χ1v) is 7.59. The molecule has 0 aliphatic rings. The molecule has 0 aliphatic carbocycles. The maximum atomic E-state index is 6.25. The fourth-order valence-corrected chi connectivity index (χ4v) is 2.93. The second-order valence-corrected chi connectivity index (χ2v) is 5.95. The van der Waals surface area contributed by atoms with Gasteiger partial charge < -0.3 is 10.5 Å². The lowest BCUT2D eigenvalue weighted by atomic mass is 9.91. The minimum Gasteiger partial charge on any atom is -0.496 e. The van der Waals surface area contributed by atoms with Crippen molar-refractivity contribution in [3.05, 3.63) is 63.1 Å². The summed E-state index contributed by atoms with van der Waals surface area (Å²) in [5.41, 5.74) is 9.32. The van der Waals surface area contributed by atoms with E-state index in [1.165, 1.54) is 5.56 Å². The largest absolute Gasteiger partial charge is 0.496 e. The number of hydrogen-bond donors (Lipinski definition) is 1. The number of hydrogen-bond acceptors (Lipinski definition) is 2. The molecule has 0 heterocycles. The molecular formula is C17H19Cl2NO. The zero-order chi connectivity index (χ0) is 15.4. The normalized spacial score (nSPS) is 12.2. The summed E-state index contributed by atoms with van der Waals surface area (Å²) in [4.78, 5) is 0. The van der Waals surface area contributed by atoms with Crippen LogP contribution in [0.3, 0.4) is 0 Å². The fourth-order valence-electron chi connectivity index (χ4n) is 2.45. The van der Waals surface area contributed by atoms with Crippen LogP contribution in [0.5, 0.6) is 5.75 Å². The van der Waals surface area contributed by atoms with E-state index in [1.807, 2.05) is 25.1 Å². The van der Waals surface area contributed by atoms with Crippen molar-refractivity contribution in [2.24, 2.45) is 5.73 Å². The highest BCUT2D eigenvalue weighted by Crippen LogP contribution is 2.29. The maximum absolute atomic E-state index is 6.25. The van der Waals surface area contributed by atoms with Gasteiger partial charge in [0.1, 0.15) is 5.75 Å². The maximum Gasteiger partial charge on any atom is 0.121 e. The lowest BCUT2D eigenvalue weighted by molar-refractivity contribution is 0.411. The molecule has 0 aromatic heterocycles. The van der Waals surface area contributed by atoms with Crippen molar-refractivity contribution in [1.82, 2.24) is 0 Å². The predicted molar refractivity (Wildman–Crippen MR) is 89.7 cm³/mol. The molecule has 0 aliphatic heterocycles. The number of methoxy groups -OCH3 is 1. The van der Waals surface area contributed by atoms with Crippen LogP contribution in [0.4, 0.5) is 0 Å². The molecule has 0 saturated heterocycles. The summed E-state index contributed by atoms with van der Waals surface area (Å²) >= 11 is 12.2. The number of halogens is 2. The second-order valence-electron chi connectivity index (χ2n) is 5.10. The van der Waals surface area contributed by atoms with Gasteiger partial charge in [0.05, 0.1) is 7.11 Å². The van der Waals surface area contributed by atoms with Crippen LogP contribution in [0.1, 0.15) is 22.6 Å². The Morgan fingerprint density at radius 3 is 2.48 bits per heavy atom. The van der Waals surface area contributed by atoms with Crippen molar-refractivity contribution in [2.45, 2.75) is 19.3 Å². The van der Waals surface area contributed by atoms with Crippen LogP contribution in [-0.2, 0) is 6.42 Å². The third-order valence-electron chi connectivity index (χ3n) is 3.66. The summed E-state index contributed by atoms with van der Waals surface area (Å²) in [6, 6.07) is 11.8. The van der Waals surface area contributed by atoms with Crippen LogP contribution >= 0.6 is 23.2 Å². The summed E-state index contributed by atoms with van der Waals surface area (Å²) in [5, 5.41) is 1.33. The molecule has 0 radical (unpaired) electrons. The van der Waals surface area contributed by atoms with Gasteiger partial charge in [-0.05, 0) is 54.8 Å². The molecule has 112 valence electrons. The van der Waals surface area contributed by atoms with Crippen LogP contribution < -0.4 is 10.5 Å². The van der Waals surface area contributed by atoms with Gasteiger partial charge in [-0.25, -0.2) is 0 Å². The van der Waals surface area contributed by atoms with E-state index >= 15 is 0 Å². The molecule has 2 nitrogen and oxygen atoms in total. The first kappa shape index (κ1) is 16.2. The van der Waals surface area contributed by atoms with Gasteiger partial charge in [0.15, 0.2) is 0 Å². The molecule has 21 heavy (non-hydrogen) atoms. The average molecular weight is 324 g/mol. The van der Waals surface area contributed by atoms with Gasteiger partial charge in [-0.3, -0.25) is 0 Å². The van der Waals surface area contributed by atoms with Crippen molar-refractivity contribution >= 4 is 23.2 Å². The van der Waals surface area contributed by atoms with Crippen molar-refractivity contribution in [2.75, 3.05) is 13.7 Å². The predicted octanol–water partition coefficient (Wildman–Crippen LogP) is 4.60. The lowest BCUT2D eigenvalue weighted by Crippen LogP contribution is -2.15. The molecule has 1 unspecified atom stereocenters. The third kappa shape index (κ3) is 3.91. The van der Waals surface area contributed by atoms with Crippen LogP contribution in [0, 0.1) is 6.92 Å². The fraction of sp³-hybridized carbons (Fsp3) is 0.294. The van der Waals surface area contributed by atoms with Gasteiger partial charge in [-0.1, -0.05) is 41.4 Å². The van der Waals surface area contributed by atoms with Crippen molar-refractivity contribution in [3.8, 4) is 5.75 Å². The molecule has 2 aromatic carbocycles. The summed E-state index contributed by atoms with van der Waals surface area (Å²) in [6.07, 6.45) is 0.790. The summed E-state index contributed by atoms with van der Waals surface area (Å²) < 4.78 is 5.30. The van der Waals surface area contributed by atoms with Gasteiger partial charge in [0, 0.05) is 16.0 Å². The van der Waals surface area contributed by atoms with Gasteiger partial charge in [-0.2, -0.15) is 0 Å². The minimum absolute atomic E-state index is 0.216. The topological polar surface area (TPSA) is 35.2 Å². The number of benzene rings is 2. The summed E-state index contributed by atoms with van der Waals surface area (Å²) in [7, 11) is 1.68. The molecular weight excluding hydrogens is 305 g/mol. The van der Waals surface area contributed by atoms with E-state index in [-0.39, 0.29) is 5.92 Å². The molecule has 1 atom stereocenters. The van der Waals surface area contributed by atoms with Gasteiger partial charge >= 0.3 is 0 Å². The van der Waals surface area contributed by atoms with Crippen LogP contribution in [-0.4, -0.2) is 13.7 Å². The Morgan fingerprint density at radius 2 is 1.90 bits per heavy atom. The number of rotatable bonds is 5. The zero-order valence-corrected chi connectivity index (χ0v) is 13.7. The quantitative estimate of drug-likeness (QED) is 0.873. The Labute approximate surface area is 135 Å². The summed E-state index contributed by atoms with van der Waals surface area (Å²) in [6.45, 7) is 2.59. The van der Waals surface area contributed by atoms with Crippen LogP contribution in [0.25, 0.3) is 0 Å². The molecule has 2 rings (SSSR count). The number of aryl methyl sites for hydroxylation is 1. The highest BCUT2D eigenvalue weighted by molar-refractivity contribution is 6.35. The monoisotopic (exact) mass is 323 g/mol. The zero-order valence-electron chi connectivity index (χ0n) is 12.2. The minimum atomic E-state index is 0.216. The smallest absolute Gasteiger partial charge is 0.121 e. The van der Waals surface area contributed by atoms with E-state index in [9.17, 15) is 0 Å². The van der Waals surface area contributed by atoms with E-state index in [4.69, 9.17) is 33.7 Å². The van der Waals surface area contributed by atoms with E-state index in [1.54, 1.807) is 13.2 Å². The average Bonchev–Trinajstić information content (AvgIpc) is 2.46. The molecule has 0 bridgehead atoms. The Balaban J connectivity index is 2.25. The standard InChI is InChI=1S/C17H19Cl2NO/c1-11-7-12(4-6-17(11)21-2)14(10-20)8-13-3-5-15(18)9-16(13)19/h3-7,9,14H,8,10,20H2,1-2H3. The first-order chi connectivity index (χ1) is 10.0. The highest BCUT2D eigenvalue weighted by Gasteiger charge is 2.14. The van der Waals surface area contributed by atoms with Gasteiger partial charge in [-0.15, -0.1) is 0 Å². The number of nitrogens with two attached hydrogens (primary N) is 1. The molecule has 0 saturated carbocycles. The Hall–Kier alpha value is -1.22. The molecule has 4 heteroatoms. The van der Waals surface area contributed by atoms with Gasteiger partial charge in [0.2, 0.25) is 0 Å². The number of ether oxygens (including phenoxy) is 1.